The van der Waals surface area contributed by atoms with Crippen molar-refractivity contribution >= 4 is 23.2 Å². The molecule has 140 valence electrons. The maximum absolute atomic E-state index is 13.0. The number of fused-ring (bicyclic) bond motifs is 1. The number of hydrogen-bond donors (Lipinski definition) is 1. The maximum Gasteiger partial charge on any atom is 0.230 e. The number of carbonyl (C=O) groups excluding carboxylic acids is 2. The van der Waals surface area contributed by atoms with Crippen molar-refractivity contribution in [3.8, 4) is 0 Å². The Morgan fingerprint density at radius 1 is 0.926 bits per heavy atom. The van der Waals surface area contributed by atoms with E-state index in [1.54, 1.807) is 0 Å². The monoisotopic (exact) mass is 362 g/mol. The topological polar surface area (TPSA) is 49.4 Å². The number of aryl methyl sites for hydroxylation is 1. The zero-order valence-corrected chi connectivity index (χ0v) is 15.8. The Morgan fingerprint density at radius 3 is 2.37 bits per heavy atom. The molecule has 0 saturated heterocycles. The lowest BCUT2D eigenvalue weighted by molar-refractivity contribution is -0.126. The van der Waals surface area contributed by atoms with Gasteiger partial charge in [0.2, 0.25) is 11.8 Å². The zero-order chi connectivity index (χ0) is 18.8. The number of carbonyl (C=O) groups is 2. The first-order valence-corrected chi connectivity index (χ1v) is 9.89. The van der Waals surface area contributed by atoms with Crippen molar-refractivity contribution < 1.29 is 9.59 Å². The van der Waals surface area contributed by atoms with E-state index in [2.05, 4.69) is 11.4 Å². The molecule has 0 spiro atoms. The summed E-state index contributed by atoms with van der Waals surface area (Å²) in [5.74, 6) is 0.359. The van der Waals surface area contributed by atoms with Gasteiger partial charge in [-0.3, -0.25) is 9.59 Å². The molecule has 4 heteroatoms. The Morgan fingerprint density at radius 2 is 1.59 bits per heavy atom. The minimum absolute atomic E-state index is 0.000444. The summed E-state index contributed by atoms with van der Waals surface area (Å²) >= 11 is 0. The maximum atomic E-state index is 13.0. The molecule has 2 aromatic rings. The van der Waals surface area contributed by atoms with Gasteiger partial charge in [-0.1, -0.05) is 36.4 Å². The van der Waals surface area contributed by atoms with Crippen molar-refractivity contribution in [2.45, 2.75) is 39.0 Å². The number of para-hydroxylation sites is 2. The Labute approximate surface area is 160 Å². The highest BCUT2D eigenvalue weighted by Crippen LogP contribution is 2.35. The van der Waals surface area contributed by atoms with Gasteiger partial charge in [0.25, 0.3) is 0 Å². The zero-order valence-electron chi connectivity index (χ0n) is 15.8. The lowest BCUT2D eigenvalue weighted by Gasteiger charge is -2.30. The molecule has 4 rings (SSSR count). The fraction of sp³-hybridized carbons (Fsp3) is 0.391. The van der Waals surface area contributed by atoms with Crippen molar-refractivity contribution in [1.29, 1.82) is 0 Å². The van der Waals surface area contributed by atoms with Crippen LogP contribution in [0, 0.1) is 18.8 Å². The predicted octanol–water partition coefficient (Wildman–Crippen LogP) is 4.33. The molecule has 4 nitrogen and oxygen atoms in total. The Bertz CT molecular complexity index is 853. The second kappa shape index (κ2) is 7.55. The molecule has 2 aromatic carbocycles. The number of nitrogens with one attached hydrogen (secondary N) is 1. The largest absolute Gasteiger partial charge is 0.326 e. The molecule has 2 amide bonds. The van der Waals surface area contributed by atoms with Gasteiger partial charge in [0.05, 0.1) is 0 Å². The van der Waals surface area contributed by atoms with E-state index in [1.165, 1.54) is 5.56 Å². The first kappa shape index (κ1) is 17.8. The van der Waals surface area contributed by atoms with Gasteiger partial charge in [0.15, 0.2) is 0 Å². The van der Waals surface area contributed by atoms with Crippen molar-refractivity contribution in [1.82, 2.24) is 0 Å². The molecule has 1 aliphatic heterocycles. The van der Waals surface area contributed by atoms with Gasteiger partial charge in [-0.2, -0.15) is 0 Å². The highest BCUT2D eigenvalue weighted by molar-refractivity contribution is 5.97. The van der Waals surface area contributed by atoms with E-state index in [0.29, 0.717) is 0 Å². The van der Waals surface area contributed by atoms with E-state index in [4.69, 9.17) is 0 Å². The van der Waals surface area contributed by atoms with Crippen LogP contribution in [-0.2, 0) is 16.0 Å². The summed E-state index contributed by atoms with van der Waals surface area (Å²) in [6.07, 6.45) is 4.09. The molecule has 2 aliphatic rings. The van der Waals surface area contributed by atoms with Crippen LogP contribution < -0.4 is 10.2 Å². The molecule has 1 aliphatic carbocycles. The van der Waals surface area contributed by atoms with Crippen LogP contribution in [0.25, 0.3) is 0 Å². The fourth-order valence-corrected chi connectivity index (χ4v) is 4.34. The van der Waals surface area contributed by atoms with Crippen molar-refractivity contribution in [2.24, 2.45) is 11.8 Å². The van der Waals surface area contributed by atoms with E-state index in [0.717, 1.165) is 55.6 Å². The van der Waals surface area contributed by atoms with E-state index < -0.39 is 0 Å². The number of anilines is 2. The molecule has 1 heterocycles. The third-order valence-corrected chi connectivity index (χ3v) is 6.00. The van der Waals surface area contributed by atoms with Crippen LogP contribution >= 0.6 is 0 Å². The minimum atomic E-state index is -0.000444. The molecule has 1 saturated carbocycles. The Kier molecular flexibility index (Phi) is 4.97. The second-order valence-electron chi connectivity index (χ2n) is 7.72. The Balaban J connectivity index is 1.34. The van der Waals surface area contributed by atoms with Gasteiger partial charge >= 0.3 is 0 Å². The standard InChI is InChI=1S/C23H26N2O2/c1-16-6-2-4-8-20(16)24-22(26)18-10-12-19(13-11-18)23(27)25-15-14-17-7-3-5-9-21(17)25/h2-9,18-19H,10-15H2,1H3,(H,24,26). The summed E-state index contributed by atoms with van der Waals surface area (Å²) < 4.78 is 0. The van der Waals surface area contributed by atoms with Crippen molar-refractivity contribution in [3.05, 3.63) is 59.7 Å². The average Bonchev–Trinajstić information content (AvgIpc) is 3.13. The lowest BCUT2D eigenvalue weighted by Crippen LogP contribution is -2.38. The summed E-state index contributed by atoms with van der Waals surface area (Å²) in [6, 6.07) is 16.0. The molecule has 0 aromatic heterocycles. The molecule has 1 fully saturated rings. The third kappa shape index (κ3) is 3.61. The highest BCUT2D eigenvalue weighted by atomic mass is 16.2. The van der Waals surface area contributed by atoms with E-state index >= 15 is 0 Å². The van der Waals surface area contributed by atoms with Crippen LogP contribution in [0.3, 0.4) is 0 Å². The van der Waals surface area contributed by atoms with Gasteiger partial charge in [0, 0.05) is 29.8 Å². The van der Waals surface area contributed by atoms with Crippen LogP contribution in [0.5, 0.6) is 0 Å². The van der Waals surface area contributed by atoms with Gasteiger partial charge in [-0.25, -0.2) is 0 Å². The number of hydrogen-bond acceptors (Lipinski definition) is 2. The summed E-state index contributed by atoms with van der Waals surface area (Å²) in [7, 11) is 0. The molecule has 0 unspecified atom stereocenters. The minimum Gasteiger partial charge on any atom is -0.326 e. The fourth-order valence-electron chi connectivity index (χ4n) is 4.34. The second-order valence-corrected chi connectivity index (χ2v) is 7.72. The number of rotatable bonds is 3. The molecule has 0 bridgehead atoms. The SMILES string of the molecule is Cc1ccccc1NC(=O)C1CCC(C(=O)N2CCc3ccccc32)CC1. The molecular formula is C23H26N2O2. The number of nitrogens with zero attached hydrogens (tertiary/aromatic N) is 1. The van der Waals surface area contributed by atoms with Gasteiger partial charge in [-0.15, -0.1) is 0 Å². The third-order valence-electron chi connectivity index (χ3n) is 6.00. The number of benzene rings is 2. The van der Waals surface area contributed by atoms with Gasteiger partial charge in [-0.05, 0) is 62.3 Å². The van der Waals surface area contributed by atoms with E-state index in [9.17, 15) is 9.59 Å². The van der Waals surface area contributed by atoms with Crippen LogP contribution in [0.15, 0.2) is 48.5 Å². The normalized spacial score (nSPS) is 21.6. The lowest BCUT2D eigenvalue weighted by atomic mass is 9.81. The summed E-state index contributed by atoms with van der Waals surface area (Å²) in [4.78, 5) is 27.6. The molecule has 1 N–H and O–H groups in total. The first-order valence-electron chi connectivity index (χ1n) is 9.89. The smallest absolute Gasteiger partial charge is 0.230 e. The van der Waals surface area contributed by atoms with Crippen LogP contribution in [0.1, 0.15) is 36.8 Å². The summed E-state index contributed by atoms with van der Waals surface area (Å²) in [5, 5.41) is 3.06. The Hall–Kier alpha value is -2.62. The summed E-state index contributed by atoms with van der Waals surface area (Å²) in [6.45, 7) is 2.78. The van der Waals surface area contributed by atoms with Crippen molar-refractivity contribution in [2.75, 3.05) is 16.8 Å². The quantitative estimate of drug-likeness (QED) is 0.883. The first-order chi connectivity index (χ1) is 13.1. The van der Waals surface area contributed by atoms with Gasteiger partial charge in [0.1, 0.15) is 0 Å². The predicted molar refractivity (Wildman–Crippen MR) is 108 cm³/mol. The molecule has 27 heavy (non-hydrogen) atoms. The average molecular weight is 362 g/mol. The molecular weight excluding hydrogens is 336 g/mol. The van der Waals surface area contributed by atoms with Crippen LogP contribution in [0.4, 0.5) is 11.4 Å². The summed E-state index contributed by atoms with van der Waals surface area (Å²) in [5.41, 5.74) is 4.29. The molecule has 0 atom stereocenters. The number of amides is 2. The highest BCUT2D eigenvalue weighted by Gasteiger charge is 2.34. The molecule has 0 radical (unpaired) electrons. The van der Waals surface area contributed by atoms with Crippen LogP contribution in [-0.4, -0.2) is 18.4 Å². The van der Waals surface area contributed by atoms with Crippen LogP contribution in [0.2, 0.25) is 0 Å². The van der Waals surface area contributed by atoms with Gasteiger partial charge < -0.3 is 10.2 Å². The van der Waals surface area contributed by atoms with Crippen molar-refractivity contribution in [3.63, 3.8) is 0 Å². The van der Waals surface area contributed by atoms with E-state index in [-0.39, 0.29) is 23.7 Å². The van der Waals surface area contributed by atoms with E-state index in [1.807, 2.05) is 54.3 Å².